The average molecular weight is 332 g/mol. The lowest BCUT2D eigenvalue weighted by atomic mass is 9.96. The number of aromatic nitrogens is 3. The number of ether oxygens (including phenoxy) is 2. The Hall–Kier alpha value is -2.74. The molecule has 2 heterocycles. The standard InChI is InChI=1S/C16H17FN4O3/c1-10-13(15(22)24-8-7-23-2)14(11-3-5-12(17)6-4-11)21-16(20-10)18-9-19-21/h3-6,9,14H,7-8H2,1-2H3,(H,18,19,20)/t14-/m1/s1. The molecule has 24 heavy (non-hydrogen) atoms. The van der Waals surface area contributed by atoms with Crippen LogP contribution in [0.5, 0.6) is 0 Å². The van der Waals surface area contributed by atoms with Crippen LogP contribution >= 0.6 is 0 Å². The summed E-state index contributed by atoms with van der Waals surface area (Å²) in [5.74, 6) is -0.320. The minimum Gasteiger partial charge on any atom is -0.460 e. The Labute approximate surface area is 138 Å². The van der Waals surface area contributed by atoms with Crippen LogP contribution in [0.15, 0.2) is 41.9 Å². The topological polar surface area (TPSA) is 78.3 Å². The summed E-state index contributed by atoms with van der Waals surface area (Å²) in [6, 6.07) is 5.38. The summed E-state index contributed by atoms with van der Waals surface area (Å²) >= 11 is 0. The number of benzene rings is 1. The number of halogens is 1. The van der Waals surface area contributed by atoms with Gasteiger partial charge in [-0.25, -0.2) is 13.9 Å². The van der Waals surface area contributed by atoms with Crippen molar-refractivity contribution in [3.8, 4) is 0 Å². The molecule has 7 nitrogen and oxygen atoms in total. The molecule has 0 radical (unpaired) electrons. The second kappa shape index (κ2) is 6.79. The molecule has 0 saturated carbocycles. The summed E-state index contributed by atoms with van der Waals surface area (Å²) in [5, 5.41) is 7.22. The zero-order valence-corrected chi connectivity index (χ0v) is 13.3. The van der Waals surface area contributed by atoms with Crippen LogP contribution < -0.4 is 5.32 Å². The number of methoxy groups -OCH3 is 1. The van der Waals surface area contributed by atoms with Gasteiger partial charge in [0.2, 0.25) is 5.95 Å². The second-order valence-corrected chi connectivity index (χ2v) is 5.27. The third kappa shape index (κ3) is 3.00. The fourth-order valence-corrected chi connectivity index (χ4v) is 2.60. The summed E-state index contributed by atoms with van der Waals surface area (Å²) < 4.78 is 25.0. The largest absolute Gasteiger partial charge is 0.460 e. The number of rotatable bonds is 5. The zero-order valence-electron chi connectivity index (χ0n) is 13.3. The van der Waals surface area contributed by atoms with Crippen molar-refractivity contribution in [1.29, 1.82) is 0 Å². The molecule has 1 aliphatic heterocycles. The number of anilines is 1. The van der Waals surface area contributed by atoms with Gasteiger partial charge in [-0.3, -0.25) is 0 Å². The highest BCUT2D eigenvalue weighted by Gasteiger charge is 2.34. The molecule has 0 amide bonds. The number of carbonyl (C=O) groups excluding carboxylic acids is 1. The van der Waals surface area contributed by atoms with E-state index < -0.39 is 12.0 Å². The van der Waals surface area contributed by atoms with Gasteiger partial charge in [0, 0.05) is 12.8 Å². The fraction of sp³-hybridized carbons (Fsp3) is 0.312. The second-order valence-electron chi connectivity index (χ2n) is 5.27. The van der Waals surface area contributed by atoms with Crippen LogP contribution in [0.4, 0.5) is 10.3 Å². The van der Waals surface area contributed by atoms with Crippen molar-refractivity contribution in [1.82, 2.24) is 14.8 Å². The van der Waals surface area contributed by atoms with E-state index in [1.807, 2.05) is 0 Å². The van der Waals surface area contributed by atoms with E-state index in [4.69, 9.17) is 9.47 Å². The molecule has 0 spiro atoms. The van der Waals surface area contributed by atoms with Crippen molar-refractivity contribution in [3.63, 3.8) is 0 Å². The molecule has 1 aromatic carbocycles. The molecule has 1 N–H and O–H groups in total. The molecule has 0 unspecified atom stereocenters. The van der Waals surface area contributed by atoms with Gasteiger partial charge in [-0.2, -0.15) is 10.1 Å². The highest BCUT2D eigenvalue weighted by molar-refractivity contribution is 5.92. The van der Waals surface area contributed by atoms with Gasteiger partial charge < -0.3 is 14.8 Å². The van der Waals surface area contributed by atoms with Crippen molar-refractivity contribution in [3.05, 3.63) is 53.2 Å². The van der Waals surface area contributed by atoms with E-state index >= 15 is 0 Å². The van der Waals surface area contributed by atoms with Gasteiger partial charge in [-0.05, 0) is 24.6 Å². The molecule has 1 aromatic heterocycles. The average Bonchev–Trinajstić information content (AvgIpc) is 3.02. The number of nitrogens with zero attached hydrogens (tertiary/aromatic N) is 3. The van der Waals surface area contributed by atoms with Crippen molar-refractivity contribution in [2.75, 3.05) is 25.6 Å². The molecular formula is C16H17FN4O3. The summed E-state index contributed by atoms with van der Waals surface area (Å²) in [7, 11) is 1.53. The summed E-state index contributed by atoms with van der Waals surface area (Å²) in [6.45, 7) is 2.22. The van der Waals surface area contributed by atoms with Crippen LogP contribution in [-0.2, 0) is 14.3 Å². The van der Waals surface area contributed by atoms with Crippen LogP contribution in [0.1, 0.15) is 18.5 Å². The third-order valence-corrected chi connectivity index (χ3v) is 3.72. The molecule has 1 atom stereocenters. The lowest BCUT2D eigenvalue weighted by Gasteiger charge is -2.28. The van der Waals surface area contributed by atoms with Gasteiger partial charge in [0.1, 0.15) is 24.8 Å². The Morgan fingerprint density at radius 1 is 1.33 bits per heavy atom. The normalized spacial score (nSPS) is 16.5. The SMILES string of the molecule is COCCOC(=O)C1=C(C)Nc2ncnn2[C@@H]1c1ccc(F)cc1. The minimum absolute atomic E-state index is 0.145. The van der Waals surface area contributed by atoms with Crippen LogP contribution in [0, 0.1) is 5.82 Å². The number of hydrogen-bond donors (Lipinski definition) is 1. The van der Waals surface area contributed by atoms with Gasteiger partial charge in [-0.1, -0.05) is 12.1 Å². The number of esters is 1. The van der Waals surface area contributed by atoms with Gasteiger partial charge in [0.05, 0.1) is 12.2 Å². The molecule has 8 heteroatoms. The molecule has 2 aromatic rings. The Morgan fingerprint density at radius 2 is 2.08 bits per heavy atom. The molecule has 0 aliphatic carbocycles. The van der Waals surface area contributed by atoms with E-state index in [1.54, 1.807) is 23.7 Å². The predicted octanol–water partition coefficient (Wildman–Crippen LogP) is 1.90. The van der Waals surface area contributed by atoms with Crippen LogP contribution in [-0.4, -0.2) is 41.1 Å². The first kappa shape index (κ1) is 16.1. The van der Waals surface area contributed by atoms with E-state index in [2.05, 4.69) is 15.4 Å². The van der Waals surface area contributed by atoms with Gasteiger partial charge >= 0.3 is 5.97 Å². The first-order chi connectivity index (χ1) is 11.6. The van der Waals surface area contributed by atoms with Crippen molar-refractivity contribution in [2.24, 2.45) is 0 Å². The van der Waals surface area contributed by atoms with E-state index in [0.717, 1.165) is 0 Å². The first-order valence-corrected chi connectivity index (χ1v) is 7.40. The molecule has 126 valence electrons. The molecule has 3 rings (SSSR count). The van der Waals surface area contributed by atoms with Crippen LogP contribution in [0.2, 0.25) is 0 Å². The van der Waals surface area contributed by atoms with Crippen LogP contribution in [0.3, 0.4) is 0 Å². The Bertz CT molecular complexity index is 770. The highest BCUT2D eigenvalue weighted by atomic mass is 19.1. The lowest BCUT2D eigenvalue weighted by Crippen LogP contribution is -2.30. The highest BCUT2D eigenvalue weighted by Crippen LogP contribution is 2.35. The van der Waals surface area contributed by atoms with E-state index in [-0.39, 0.29) is 12.4 Å². The van der Waals surface area contributed by atoms with E-state index in [9.17, 15) is 9.18 Å². The van der Waals surface area contributed by atoms with E-state index in [0.29, 0.717) is 29.4 Å². The van der Waals surface area contributed by atoms with E-state index in [1.165, 1.54) is 25.6 Å². The Morgan fingerprint density at radius 3 is 2.79 bits per heavy atom. The minimum atomic E-state index is -0.542. The number of hydrogen-bond acceptors (Lipinski definition) is 6. The lowest BCUT2D eigenvalue weighted by molar-refractivity contribution is -0.140. The number of allylic oxidation sites excluding steroid dienone is 1. The predicted molar refractivity (Wildman–Crippen MR) is 83.7 cm³/mol. The first-order valence-electron chi connectivity index (χ1n) is 7.40. The molecule has 0 fully saturated rings. The maximum atomic E-state index is 13.3. The molecule has 1 aliphatic rings. The van der Waals surface area contributed by atoms with Crippen molar-refractivity contribution in [2.45, 2.75) is 13.0 Å². The number of carbonyl (C=O) groups is 1. The molecular weight excluding hydrogens is 315 g/mol. The summed E-state index contributed by atoms with van der Waals surface area (Å²) in [6.07, 6.45) is 1.39. The smallest absolute Gasteiger partial charge is 0.338 e. The van der Waals surface area contributed by atoms with Gasteiger partial charge in [0.25, 0.3) is 0 Å². The maximum absolute atomic E-state index is 13.3. The van der Waals surface area contributed by atoms with Crippen molar-refractivity contribution >= 4 is 11.9 Å². The Kier molecular flexibility index (Phi) is 4.57. The molecule has 0 bridgehead atoms. The summed E-state index contributed by atoms with van der Waals surface area (Å²) in [4.78, 5) is 16.7. The van der Waals surface area contributed by atoms with Gasteiger partial charge in [-0.15, -0.1) is 0 Å². The third-order valence-electron chi connectivity index (χ3n) is 3.72. The van der Waals surface area contributed by atoms with Crippen molar-refractivity contribution < 1.29 is 18.7 Å². The maximum Gasteiger partial charge on any atom is 0.338 e. The summed E-state index contributed by atoms with van der Waals surface area (Å²) in [5.41, 5.74) is 1.73. The number of nitrogens with one attached hydrogen (secondary N) is 1. The molecule has 0 saturated heterocycles. The number of fused-ring (bicyclic) bond motifs is 1. The quantitative estimate of drug-likeness (QED) is 0.665. The van der Waals surface area contributed by atoms with Gasteiger partial charge in [0.15, 0.2) is 0 Å². The monoisotopic (exact) mass is 332 g/mol. The Balaban J connectivity index is 2.00. The zero-order chi connectivity index (χ0) is 17.1. The van der Waals surface area contributed by atoms with Crippen LogP contribution in [0.25, 0.3) is 0 Å². The fourth-order valence-electron chi connectivity index (χ4n) is 2.60.